The third-order valence-electron chi connectivity index (χ3n) is 21.5. The fourth-order valence-electron chi connectivity index (χ4n) is 13.4. The summed E-state index contributed by atoms with van der Waals surface area (Å²) in [6.45, 7) is 13.3. The van der Waals surface area contributed by atoms with Crippen molar-refractivity contribution in [3.8, 4) is 0 Å². The fourth-order valence-corrected chi connectivity index (χ4v) is 19.2. The third kappa shape index (κ3) is 31.6. The third-order valence-corrected chi connectivity index (χ3v) is 28.3. The number of thiazole rings is 3. The first kappa shape index (κ1) is 99.2. The predicted octanol–water partition coefficient (Wildman–Crippen LogP) is 18.4. The number of aromatic nitrogens is 18. The molecular weight excluding hydrogens is 1910 g/mol. The van der Waals surface area contributed by atoms with Crippen molar-refractivity contribution in [2.45, 2.75) is 188 Å². The van der Waals surface area contributed by atoms with E-state index in [4.69, 9.17) is 11.5 Å². The molecule has 10 heterocycles. The zero-order valence-electron chi connectivity index (χ0n) is 78.1. The van der Waals surface area contributed by atoms with Gasteiger partial charge in [-0.3, -0.25) is 49.9 Å². The van der Waals surface area contributed by atoms with Crippen molar-refractivity contribution in [1.82, 2.24) is 89.7 Å². The molecule has 0 unspecified atom stereocenters. The van der Waals surface area contributed by atoms with Crippen molar-refractivity contribution >= 4 is 202 Å². The van der Waals surface area contributed by atoms with Gasteiger partial charge in [-0.2, -0.15) is 69.8 Å². The predicted molar refractivity (Wildman–Crippen MR) is 551 cm³/mol. The topological polar surface area (TPSA) is 461 Å². The second-order valence-electron chi connectivity index (χ2n) is 34.5. The normalized spacial score (nSPS) is 14.4. The number of rotatable bonds is 35. The first-order valence-corrected chi connectivity index (χ1v) is 51.8. The summed E-state index contributed by atoms with van der Waals surface area (Å²) >= 11 is 11.8. The highest BCUT2D eigenvalue weighted by molar-refractivity contribution is 8.00. The monoisotopic (exact) mass is 2010 g/mol. The van der Waals surface area contributed by atoms with Crippen LogP contribution in [0.1, 0.15) is 126 Å². The molecule has 0 spiro atoms. The molecule has 0 bridgehead atoms. The van der Waals surface area contributed by atoms with Crippen LogP contribution >= 0.6 is 92.8 Å². The molecule has 139 heavy (non-hydrogen) atoms. The van der Waals surface area contributed by atoms with E-state index >= 15 is 0 Å². The second-order valence-corrected chi connectivity index (χ2v) is 43.4. The smallest absolute Gasteiger partial charge is 0.234 e. The van der Waals surface area contributed by atoms with Gasteiger partial charge in [0.05, 0.1) is 13.1 Å². The highest BCUT2D eigenvalue weighted by Crippen LogP contribution is 2.39. The van der Waals surface area contributed by atoms with E-state index in [1.165, 1.54) is 81.3 Å². The molecule has 34 nitrogen and oxygen atoms in total. The summed E-state index contributed by atoms with van der Waals surface area (Å²) in [5, 5.41) is 20.6. The Hall–Kier alpha value is -12.8. The van der Waals surface area contributed by atoms with E-state index < -0.39 is 0 Å². The summed E-state index contributed by atoms with van der Waals surface area (Å²) in [5.74, 6) is 9.00. The Balaban J connectivity index is 0.000000125. The van der Waals surface area contributed by atoms with Crippen molar-refractivity contribution in [2.24, 2.45) is 39.6 Å². The van der Waals surface area contributed by atoms with E-state index in [1.807, 2.05) is 225 Å². The minimum Gasteiger partial charge on any atom is -0.368 e. The number of Topliss-reactive ketones (excluding diaryl/α,β-unsaturated/α-hetero) is 5. The van der Waals surface area contributed by atoms with Crippen LogP contribution < -0.4 is 47.9 Å². The van der Waals surface area contributed by atoms with Gasteiger partial charge in [0.15, 0.2) is 41.2 Å². The lowest BCUT2D eigenvalue weighted by Crippen LogP contribution is -2.17. The summed E-state index contributed by atoms with van der Waals surface area (Å²) in [7, 11) is 7.59. The zero-order valence-corrected chi connectivity index (χ0v) is 84.7. The van der Waals surface area contributed by atoms with Gasteiger partial charge in [-0.15, -0.1) is 34.0 Å². The van der Waals surface area contributed by atoms with Crippen LogP contribution in [0.5, 0.6) is 0 Å². The molecule has 20 rings (SSSR count). The maximum Gasteiger partial charge on any atom is 0.234 e. The molecule has 0 atom stereocenters. The number of ketones is 5. The maximum absolute atomic E-state index is 12.0. The largest absolute Gasteiger partial charge is 0.368 e. The molecule has 42 heteroatoms. The summed E-state index contributed by atoms with van der Waals surface area (Å²) < 4.78 is 0. The van der Waals surface area contributed by atoms with Crippen molar-refractivity contribution in [3.63, 3.8) is 0 Å². The molecule has 714 valence electrons. The molecule has 13 aromatic rings. The van der Waals surface area contributed by atoms with Gasteiger partial charge < -0.3 is 31.9 Å². The number of amidine groups is 2. The van der Waals surface area contributed by atoms with Crippen LogP contribution in [-0.2, 0) is 56.1 Å². The van der Waals surface area contributed by atoms with Crippen LogP contribution in [0.4, 0.5) is 68.9 Å². The minimum absolute atomic E-state index is 0.148. The number of anilines is 12. The highest BCUT2D eigenvalue weighted by atomic mass is 32.2. The van der Waals surface area contributed by atoms with Gasteiger partial charge >= 0.3 is 0 Å². The van der Waals surface area contributed by atoms with Crippen molar-refractivity contribution in [2.75, 3.05) is 89.1 Å². The molecule has 5 aliphatic carbocycles. The Morgan fingerprint density at radius 3 is 0.806 bits per heavy atom. The van der Waals surface area contributed by atoms with Crippen LogP contribution in [0.25, 0.3) is 0 Å². The van der Waals surface area contributed by atoms with Gasteiger partial charge in [0.1, 0.15) is 46.4 Å². The van der Waals surface area contributed by atoms with Gasteiger partial charge in [-0.1, -0.05) is 60.7 Å². The van der Waals surface area contributed by atoms with E-state index in [-0.39, 0.29) is 11.9 Å². The quantitative estimate of drug-likeness (QED) is 0.0194. The van der Waals surface area contributed by atoms with Crippen LogP contribution in [0.15, 0.2) is 223 Å². The summed E-state index contributed by atoms with van der Waals surface area (Å²) in [5.41, 5.74) is 19.2. The van der Waals surface area contributed by atoms with Gasteiger partial charge in [-0.25, -0.2) is 19.9 Å². The summed E-state index contributed by atoms with van der Waals surface area (Å²) in [6, 6.07) is 39.9. The number of carbonyl (C=O) groups excluding carboxylic acids is 5. The van der Waals surface area contributed by atoms with E-state index in [2.05, 4.69) is 126 Å². The molecule has 5 aromatic carbocycles. The van der Waals surface area contributed by atoms with Crippen molar-refractivity contribution < 1.29 is 24.0 Å². The first-order valence-electron chi connectivity index (χ1n) is 45.2. The maximum atomic E-state index is 12.0. The molecule has 0 amide bonds. The van der Waals surface area contributed by atoms with Gasteiger partial charge in [0.25, 0.3) is 0 Å². The molecule has 0 radical (unpaired) electrons. The number of aliphatic imine (C=N–C) groups is 2. The fraction of sp³-hybridized carbons (Fsp3) is 0.330. The number of nitrogens with zero attached hydrogens (tertiary/aromatic N) is 22. The lowest BCUT2D eigenvalue weighted by Gasteiger charge is -2.13. The van der Waals surface area contributed by atoms with Gasteiger partial charge in [0, 0.05) is 148 Å². The number of benzene rings is 5. The molecule has 7 aliphatic rings. The number of nitrogens with two attached hydrogens (primary N) is 2. The Morgan fingerprint density at radius 1 is 0.317 bits per heavy atom. The first-order chi connectivity index (χ1) is 67.1. The zero-order chi connectivity index (χ0) is 97.2. The molecule has 5 saturated carbocycles. The SMILES string of the molecule is CC1=CC(Nc2nc(N)nc(Sc3ccc(CC(=O)C4CC4)cc3)n2)=NC1.CC1=CC(Nc2nc(Sc3ccc(CC(=O)C4CC4)cc3)nc(N(C)C)n2)=NC1.Cc1cnc(Nc2nc(N)nc(Sc3ccc(CC(=O)C4CC4)cc3)n2)s1.Cc1cnc(Nc2nc(Sc3ccc(CC(=O)C4CC4)cc3)nc(N(C)C)n2)s1.Cc1nc(Nc2ncc(C)s2)nc(Sc2ccc(CC(=O)C3CC3)cc2)n1. The Kier molecular flexibility index (Phi) is 33.4. The molecule has 8 aromatic heterocycles. The number of hydrogen-bond donors (Lipinski definition) is 7. The molecule has 9 N–H and O–H groups in total. The molecule has 0 saturated heterocycles. The number of nitrogens with one attached hydrogen (secondary N) is 5. The second kappa shape index (κ2) is 46.7. The Morgan fingerprint density at radius 2 is 0.561 bits per heavy atom. The average Bonchev–Trinajstić information content (AvgIpc) is 1.69. The van der Waals surface area contributed by atoms with E-state index in [1.54, 1.807) is 28.9 Å². The lowest BCUT2D eigenvalue weighted by molar-refractivity contribution is -0.120. The number of carbonyl (C=O) groups is 5. The van der Waals surface area contributed by atoms with Gasteiger partial charge in [0.2, 0.25) is 53.5 Å². The van der Waals surface area contributed by atoms with Gasteiger partial charge in [-0.05, 0) is 276 Å². The van der Waals surface area contributed by atoms with Crippen LogP contribution in [-0.4, -0.2) is 172 Å². The molecule has 2 aliphatic heterocycles. The summed E-state index contributed by atoms with van der Waals surface area (Å²) in [4.78, 5) is 159. The minimum atomic E-state index is 0.148. The Labute approximate surface area is 837 Å². The van der Waals surface area contributed by atoms with Crippen molar-refractivity contribution in [1.29, 1.82) is 0 Å². The Bertz CT molecular complexity index is 6560. The van der Waals surface area contributed by atoms with Crippen LogP contribution in [0, 0.1) is 57.3 Å². The molecule has 5 fully saturated rings. The van der Waals surface area contributed by atoms with Crippen molar-refractivity contribution in [3.05, 3.63) is 211 Å². The summed E-state index contributed by atoms with van der Waals surface area (Å²) in [6.07, 6.45) is 22.5. The standard InChI is InChI=1S/C21H24N6OS.C20H22N6OS2.C19H20N6OS.C19H19N5OS2.C18H18N6OS2/c1-13-10-18(22-12-13)23-19-24-20(27(2)3)26-21(25-19)29-16-8-4-14(5-9-16)11-17(28)15-6-7-15;1-12-11-21-19(28-12)23-17-22-18(26(2)3)25-20(24-17)29-15-8-4-13(5-9-15)10-16(27)14-6-7-14;1-11-8-16(21-10-11)22-18-23-17(20)24-19(25-18)27-14-6-2-12(3-7-14)9-15(26)13-4-5-13;1-11-10-20-18(26-11)23-17-21-12(2)22-19(24-17)27-15-7-3-13(4-8-15)9-16(25)14-5-6-14;1-10-9-20-17(26-10)23-16-21-15(19)22-18(24-16)27-13-6-2-11(3-7-13)8-14(25)12-4-5-12/h4-5,8-10,15H,6-7,11-12H2,1-3H3,(H,22,23,24,25,26);4-5,8-9,11,14H,6-7,10H2,1-3H3,(H,21,22,23,24,25);2-3,6-8,13H,4-5,9-10H2,1H3,(H3,20,21,22,23,24,25);3-4,7-8,10,14H,5-6,9H2,1-2H3,(H,20,21,22,23,24);2-3,6-7,9,12H,4-5,8H2,1H3,(H3,19,20,21,22,23,24). The van der Waals surface area contributed by atoms with E-state index in [0.29, 0.717) is 182 Å². The highest BCUT2D eigenvalue weighted by Gasteiger charge is 2.33. The van der Waals surface area contributed by atoms with Crippen LogP contribution in [0.2, 0.25) is 0 Å². The van der Waals surface area contributed by atoms with E-state index in [0.717, 1.165) is 153 Å². The number of aryl methyl sites for hydroxylation is 4. The number of hydrogen-bond acceptors (Lipinski definition) is 42. The van der Waals surface area contributed by atoms with E-state index in [9.17, 15) is 24.0 Å². The van der Waals surface area contributed by atoms with Crippen LogP contribution in [0.3, 0.4) is 0 Å². The lowest BCUT2D eigenvalue weighted by atomic mass is 10.1. The molecular formula is C97H103N29O5S8. The number of nitrogen functional groups attached to an aromatic ring is 2. The average molecular weight is 2010 g/mol.